The SMILES string of the molecule is Cc1nc(COC2(C)CCN(C(=O)OC(C)(C)C)C2)oc1C. The quantitative estimate of drug-likeness (QED) is 0.857. The number of carbonyl (C=O) groups excluding carboxylic acids is 1. The summed E-state index contributed by atoms with van der Waals surface area (Å²) in [6.45, 7) is 12.8. The summed E-state index contributed by atoms with van der Waals surface area (Å²) in [5.74, 6) is 1.39. The highest BCUT2D eigenvalue weighted by Crippen LogP contribution is 2.27. The predicted molar refractivity (Wildman–Crippen MR) is 81.6 cm³/mol. The van der Waals surface area contributed by atoms with Crippen LogP contribution >= 0.6 is 0 Å². The summed E-state index contributed by atoms with van der Waals surface area (Å²) >= 11 is 0. The molecular formula is C16H26N2O4. The first-order valence-electron chi connectivity index (χ1n) is 7.63. The number of carbonyl (C=O) groups is 1. The van der Waals surface area contributed by atoms with Crippen molar-refractivity contribution in [3.63, 3.8) is 0 Å². The van der Waals surface area contributed by atoms with Gasteiger partial charge in [0.05, 0.1) is 17.8 Å². The van der Waals surface area contributed by atoms with E-state index in [-0.39, 0.29) is 6.09 Å². The van der Waals surface area contributed by atoms with Crippen LogP contribution in [0, 0.1) is 13.8 Å². The van der Waals surface area contributed by atoms with Crippen LogP contribution in [0.15, 0.2) is 4.42 Å². The third kappa shape index (κ3) is 4.22. The molecule has 1 saturated heterocycles. The van der Waals surface area contributed by atoms with E-state index in [2.05, 4.69) is 4.98 Å². The lowest BCUT2D eigenvalue weighted by molar-refractivity contribution is -0.0451. The molecule has 1 unspecified atom stereocenters. The largest absolute Gasteiger partial charge is 0.444 e. The summed E-state index contributed by atoms with van der Waals surface area (Å²) in [4.78, 5) is 18.1. The van der Waals surface area contributed by atoms with Gasteiger partial charge in [-0.3, -0.25) is 0 Å². The summed E-state index contributed by atoms with van der Waals surface area (Å²) in [6, 6.07) is 0. The second-order valence-corrected chi connectivity index (χ2v) is 7.14. The van der Waals surface area contributed by atoms with Gasteiger partial charge in [0.25, 0.3) is 0 Å². The van der Waals surface area contributed by atoms with Crippen molar-refractivity contribution in [2.45, 2.75) is 65.8 Å². The van der Waals surface area contributed by atoms with Gasteiger partial charge < -0.3 is 18.8 Å². The average molecular weight is 310 g/mol. The van der Waals surface area contributed by atoms with Gasteiger partial charge in [0.15, 0.2) is 0 Å². The maximum Gasteiger partial charge on any atom is 0.410 e. The number of amides is 1. The van der Waals surface area contributed by atoms with Crippen molar-refractivity contribution in [1.82, 2.24) is 9.88 Å². The van der Waals surface area contributed by atoms with E-state index in [1.807, 2.05) is 41.5 Å². The van der Waals surface area contributed by atoms with E-state index in [0.717, 1.165) is 17.9 Å². The van der Waals surface area contributed by atoms with E-state index in [1.165, 1.54) is 0 Å². The highest BCUT2D eigenvalue weighted by Gasteiger charge is 2.38. The van der Waals surface area contributed by atoms with Crippen molar-refractivity contribution >= 4 is 6.09 Å². The topological polar surface area (TPSA) is 64.8 Å². The molecule has 0 spiro atoms. The lowest BCUT2D eigenvalue weighted by Crippen LogP contribution is -2.39. The van der Waals surface area contributed by atoms with E-state index >= 15 is 0 Å². The molecule has 1 atom stereocenters. The number of aromatic nitrogens is 1. The lowest BCUT2D eigenvalue weighted by Gasteiger charge is -2.27. The minimum Gasteiger partial charge on any atom is -0.444 e. The number of oxazole rings is 1. The zero-order valence-corrected chi connectivity index (χ0v) is 14.4. The van der Waals surface area contributed by atoms with Crippen molar-refractivity contribution in [3.05, 3.63) is 17.3 Å². The number of aryl methyl sites for hydroxylation is 2. The summed E-state index contributed by atoms with van der Waals surface area (Å²) < 4.78 is 16.9. The Kier molecular flexibility index (Phi) is 4.52. The Morgan fingerprint density at radius 1 is 1.41 bits per heavy atom. The van der Waals surface area contributed by atoms with Crippen molar-refractivity contribution in [2.75, 3.05) is 13.1 Å². The van der Waals surface area contributed by atoms with Crippen molar-refractivity contribution < 1.29 is 18.7 Å². The molecule has 2 heterocycles. The van der Waals surface area contributed by atoms with Gasteiger partial charge in [0.1, 0.15) is 18.0 Å². The van der Waals surface area contributed by atoms with Crippen LogP contribution in [0.4, 0.5) is 4.79 Å². The molecule has 6 nitrogen and oxygen atoms in total. The van der Waals surface area contributed by atoms with E-state index in [0.29, 0.717) is 25.6 Å². The third-order valence-electron chi connectivity index (χ3n) is 3.70. The fraction of sp³-hybridized carbons (Fsp3) is 0.750. The Morgan fingerprint density at radius 3 is 2.64 bits per heavy atom. The summed E-state index contributed by atoms with van der Waals surface area (Å²) in [7, 11) is 0. The number of ether oxygens (including phenoxy) is 2. The first-order valence-corrected chi connectivity index (χ1v) is 7.63. The second kappa shape index (κ2) is 5.91. The molecule has 124 valence electrons. The standard InChI is InChI=1S/C16H26N2O4/c1-11-12(2)21-13(17-11)9-20-16(6)7-8-18(10-16)14(19)22-15(3,4)5/h7-10H2,1-6H3. The molecule has 22 heavy (non-hydrogen) atoms. The number of hydrogen-bond acceptors (Lipinski definition) is 5. The molecule has 0 aromatic carbocycles. The normalized spacial score (nSPS) is 22.2. The number of rotatable bonds is 3. The van der Waals surface area contributed by atoms with Crippen LogP contribution in [0.25, 0.3) is 0 Å². The summed E-state index contributed by atoms with van der Waals surface area (Å²) in [6.07, 6.45) is 0.480. The number of likely N-dealkylation sites (tertiary alicyclic amines) is 1. The Bertz CT molecular complexity index is 527. The van der Waals surface area contributed by atoms with Gasteiger partial charge in [-0.15, -0.1) is 0 Å². The lowest BCUT2D eigenvalue weighted by atomic mass is 10.1. The van der Waals surface area contributed by atoms with Crippen LogP contribution in [0.5, 0.6) is 0 Å². The summed E-state index contributed by atoms with van der Waals surface area (Å²) in [5, 5.41) is 0. The highest BCUT2D eigenvalue weighted by atomic mass is 16.6. The number of hydrogen-bond donors (Lipinski definition) is 0. The average Bonchev–Trinajstić information content (AvgIpc) is 2.90. The van der Waals surface area contributed by atoms with Crippen LogP contribution in [0.3, 0.4) is 0 Å². The van der Waals surface area contributed by atoms with Crippen LogP contribution in [-0.4, -0.2) is 40.3 Å². The molecule has 1 aromatic rings. The zero-order chi connectivity index (χ0) is 16.5. The predicted octanol–water partition coefficient (Wildman–Crippen LogP) is 3.21. The molecule has 0 aliphatic carbocycles. The molecule has 1 aliphatic rings. The second-order valence-electron chi connectivity index (χ2n) is 7.14. The van der Waals surface area contributed by atoms with E-state index in [4.69, 9.17) is 13.9 Å². The molecule has 2 rings (SSSR count). The molecular weight excluding hydrogens is 284 g/mol. The van der Waals surface area contributed by atoms with Crippen LogP contribution in [0.1, 0.15) is 51.5 Å². The smallest absolute Gasteiger partial charge is 0.410 e. The number of nitrogens with zero attached hydrogens (tertiary/aromatic N) is 2. The fourth-order valence-corrected chi connectivity index (χ4v) is 2.37. The maximum absolute atomic E-state index is 12.1. The van der Waals surface area contributed by atoms with Gasteiger partial charge in [-0.1, -0.05) is 0 Å². The van der Waals surface area contributed by atoms with Crippen molar-refractivity contribution in [1.29, 1.82) is 0 Å². The monoisotopic (exact) mass is 310 g/mol. The first-order chi connectivity index (χ1) is 10.1. The van der Waals surface area contributed by atoms with Gasteiger partial charge in [-0.25, -0.2) is 9.78 Å². The zero-order valence-electron chi connectivity index (χ0n) is 14.4. The molecule has 1 amide bonds. The molecule has 1 aliphatic heterocycles. The van der Waals surface area contributed by atoms with Gasteiger partial charge >= 0.3 is 6.09 Å². The Balaban J connectivity index is 1.89. The molecule has 0 saturated carbocycles. The van der Waals surface area contributed by atoms with Crippen LogP contribution in [0.2, 0.25) is 0 Å². The van der Waals surface area contributed by atoms with Gasteiger partial charge in [-0.05, 0) is 48.0 Å². The molecule has 0 bridgehead atoms. The highest BCUT2D eigenvalue weighted by molar-refractivity contribution is 5.68. The third-order valence-corrected chi connectivity index (χ3v) is 3.70. The summed E-state index contributed by atoms with van der Waals surface area (Å²) in [5.41, 5.74) is 0.00242. The van der Waals surface area contributed by atoms with E-state index in [1.54, 1.807) is 4.90 Å². The molecule has 0 radical (unpaired) electrons. The van der Waals surface area contributed by atoms with Crippen LogP contribution in [-0.2, 0) is 16.1 Å². The molecule has 6 heteroatoms. The Morgan fingerprint density at radius 2 is 2.09 bits per heavy atom. The van der Waals surface area contributed by atoms with Gasteiger partial charge in [0.2, 0.25) is 5.89 Å². The van der Waals surface area contributed by atoms with Gasteiger partial charge in [0, 0.05) is 6.54 Å². The fourth-order valence-electron chi connectivity index (χ4n) is 2.37. The van der Waals surface area contributed by atoms with Gasteiger partial charge in [-0.2, -0.15) is 0 Å². The Hall–Kier alpha value is -1.56. The minimum absolute atomic E-state index is 0.289. The van der Waals surface area contributed by atoms with E-state index < -0.39 is 11.2 Å². The minimum atomic E-state index is -0.482. The maximum atomic E-state index is 12.1. The van der Waals surface area contributed by atoms with E-state index in [9.17, 15) is 4.79 Å². The molecule has 1 aromatic heterocycles. The van der Waals surface area contributed by atoms with Crippen LogP contribution < -0.4 is 0 Å². The molecule has 0 N–H and O–H groups in total. The Labute approximate surface area is 131 Å². The van der Waals surface area contributed by atoms with Crippen molar-refractivity contribution in [2.24, 2.45) is 0 Å². The van der Waals surface area contributed by atoms with Crippen molar-refractivity contribution in [3.8, 4) is 0 Å². The molecule has 1 fully saturated rings. The first kappa shape index (κ1) is 16.8.